The predicted octanol–water partition coefficient (Wildman–Crippen LogP) is 2.25. The zero-order valence-corrected chi connectivity index (χ0v) is 7.07. The van der Waals surface area contributed by atoms with E-state index < -0.39 is 0 Å². The molecule has 2 heteroatoms. The molecule has 0 aliphatic carbocycles. The molecule has 0 bridgehead atoms. The third-order valence-corrected chi connectivity index (χ3v) is 1.81. The Morgan fingerprint density at radius 3 is 2.70 bits per heavy atom. The Balaban J connectivity index is 2.69. The Bertz CT molecular complexity index is 180. The van der Waals surface area contributed by atoms with Crippen molar-refractivity contribution in [3.05, 3.63) is 22.9 Å². The summed E-state index contributed by atoms with van der Waals surface area (Å²) in [5, 5.41) is 3.77. The summed E-state index contributed by atoms with van der Waals surface area (Å²) >= 11 is 5.76. The maximum absolute atomic E-state index is 5.76. The van der Waals surface area contributed by atoms with Crippen molar-refractivity contribution in [3.8, 4) is 0 Å². The lowest BCUT2D eigenvalue weighted by Crippen LogP contribution is -2.14. The third-order valence-electron chi connectivity index (χ3n) is 1.57. The molecular weight excluding hydrogens is 146 g/mol. The quantitative estimate of drug-likeness (QED) is 0.576. The Morgan fingerprint density at radius 1 is 1.60 bits per heavy atom. The molecule has 1 N–H and O–H groups in total. The Kier molecular flexibility index (Phi) is 2.39. The molecule has 1 nitrogen and oxygen atoms in total. The van der Waals surface area contributed by atoms with E-state index in [1.165, 1.54) is 5.57 Å². The first kappa shape index (κ1) is 7.67. The standard InChI is InChI=1S/C8H12ClN/c1-6(2)7-3-4-10-8(9)5-7/h3,5-6,10H,4H2,1-2H3. The van der Waals surface area contributed by atoms with Crippen LogP contribution in [0.1, 0.15) is 13.8 Å². The summed E-state index contributed by atoms with van der Waals surface area (Å²) in [6, 6.07) is 0. The van der Waals surface area contributed by atoms with Gasteiger partial charge in [0, 0.05) is 6.54 Å². The molecule has 10 heavy (non-hydrogen) atoms. The molecule has 0 spiro atoms. The van der Waals surface area contributed by atoms with Gasteiger partial charge >= 0.3 is 0 Å². The van der Waals surface area contributed by atoms with Crippen molar-refractivity contribution >= 4 is 11.6 Å². The normalized spacial score (nSPS) is 18.0. The minimum atomic E-state index is 0.579. The molecule has 0 radical (unpaired) electrons. The van der Waals surface area contributed by atoms with Crippen molar-refractivity contribution in [2.45, 2.75) is 13.8 Å². The fraction of sp³-hybridized carbons (Fsp3) is 0.500. The van der Waals surface area contributed by atoms with Crippen LogP contribution >= 0.6 is 11.6 Å². The lowest BCUT2D eigenvalue weighted by molar-refractivity contribution is 0.767. The molecule has 0 aromatic rings. The van der Waals surface area contributed by atoms with E-state index in [2.05, 4.69) is 25.2 Å². The van der Waals surface area contributed by atoms with Crippen molar-refractivity contribution in [1.29, 1.82) is 0 Å². The molecule has 0 aromatic heterocycles. The van der Waals surface area contributed by atoms with Crippen LogP contribution in [0.3, 0.4) is 0 Å². The van der Waals surface area contributed by atoms with Crippen LogP contribution < -0.4 is 5.32 Å². The fourth-order valence-electron chi connectivity index (χ4n) is 0.925. The van der Waals surface area contributed by atoms with E-state index in [9.17, 15) is 0 Å². The highest BCUT2D eigenvalue weighted by atomic mass is 35.5. The number of dihydropyridines is 1. The highest BCUT2D eigenvalue weighted by Crippen LogP contribution is 2.16. The van der Waals surface area contributed by atoms with E-state index in [0.717, 1.165) is 11.7 Å². The first-order valence-electron chi connectivity index (χ1n) is 3.51. The van der Waals surface area contributed by atoms with Crippen LogP contribution in [0, 0.1) is 5.92 Å². The van der Waals surface area contributed by atoms with Gasteiger partial charge in [-0.1, -0.05) is 31.5 Å². The smallest absolute Gasteiger partial charge is 0.102 e. The van der Waals surface area contributed by atoms with Crippen LogP contribution in [0.2, 0.25) is 0 Å². The van der Waals surface area contributed by atoms with Crippen LogP contribution in [-0.2, 0) is 0 Å². The van der Waals surface area contributed by atoms with Gasteiger partial charge in [0.05, 0.1) is 0 Å². The van der Waals surface area contributed by atoms with Crippen LogP contribution in [-0.4, -0.2) is 6.54 Å². The van der Waals surface area contributed by atoms with Crippen LogP contribution in [0.15, 0.2) is 22.9 Å². The molecule has 0 fully saturated rings. The van der Waals surface area contributed by atoms with Crippen LogP contribution in [0.5, 0.6) is 0 Å². The first-order valence-corrected chi connectivity index (χ1v) is 3.89. The van der Waals surface area contributed by atoms with Gasteiger partial charge in [0.2, 0.25) is 0 Å². The summed E-state index contributed by atoms with van der Waals surface area (Å²) < 4.78 is 0. The number of hydrogen-bond donors (Lipinski definition) is 1. The molecule has 0 saturated carbocycles. The van der Waals surface area contributed by atoms with Crippen molar-refractivity contribution in [3.63, 3.8) is 0 Å². The minimum absolute atomic E-state index is 0.579. The van der Waals surface area contributed by atoms with E-state index in [-0.39, 0.29) is 0 Å². The van der Waals surface area contributed by atoms with Crippen molar-refractivity contribution in [2.75, 3.05) is 6.54 Å². The highest BCUT2D eigenvalue weighted by molar-refractivity contribution is 6.29. The van der Waals surface area contributed by atoms with Gasteiger partial charge in [-0.2, -0.15) is 0 Å². The molecule has 1 aliphatic heterocycles. The predicted molar refractivity (Wildman–Crippen MR) is 44.9 cm³/mol. The summed E-state index contributed by atoms with van der Waals surface area (Å²) in [5.41, 5.74) is 1.32. The monoisotopic (exact) mass is 157 g/mol. The molecule has 1 rings (SSSR count). The van der Waals surface area contributed by atoms with Gasteiger partial charge in [-0.15, -0.1) is 0 Å². The van der Waals surface area contributed by atoms with Gasteiger partial charge in [-0.3, -0.25) is 0 Å². The molecule has 0 amide bonds. The lowest BCUT2D eigenvalue weighted by atomic mass is 10.0. The lowest BCUT2D eigenvalue weighted by Gasteiger charge is -2.13. The second-order valence-electron chi connectivity index (χ2n) is 2.73. The average molecular weight is 158 g/mol. The second kappa shape index (κ2) is 3.11. The number of halogens is 1. The summed E-state index contributed by atoms with van der Waals surface area (Å²) in [4.78, 5) is 0. The Morgan fingerprint density at radius 2 is 2.30 bits per heavy atom. The molecule has 1 heterocycles. The van der Waals surface area contributed by atoms with Crippen LogP contribution in [0.25, 0.3) is 0 Å². The first-order chi connectivity index (χ1) is 4.70. The number of rotatable bonds is 1. The summed E-state index contributed by atoms with van der Waals surface area (Å²) in [6.07, 6.45) is 4.15. The van der Waals surface area contributed by atoms with Crippen molar-refractivity contribution in [2.24, 2.45) is 5.92 Å². The molecule has 0 saturated heterocycles. The molecule has 0 atom stereocenters. The van der Waals surface area contributed by atoms with Gasteiger partial charge < -0.3 is 5.32 Å². The average Bonchev–Trinajstić information content (AvgIpc) is 1.88. The highest BCUT2D eigenvalue weighted by Gasteiger charge is 2.04. The minimum Gasteiger partial charge on any atom is -0.372 e. The zero-order chi connectivity index (χ0) is 7.56. The van der Waals surface area contributed by atoms with E-state index in [4.69, 9.17) is 11.6 Å². The maximum Gasteiger partial charge on any atom is 0.102 e. The summed E-state index contributed by atoms with van der Waals surface area (Å²) in [7, 11) is 0. The maximum atomic E-state index is 5.76. The Hall–Kier alpha value is -0.430. The van der Waals surface area contributed by atoms with E-state index in [0.29, 0.717) is 5.92 Å². The molecule has 1 aliphatic rings. The SMILES string of the molecule is CC(C)C1=CCNC(Cl)=C1. The van der Waals surface area contributed by atoms with E-state index in [1.54, 1.807) is 0 Å². The van der Waals surface area contributed by atoms with Gasteiger partial charge in [0.15, 0.2) is 0 Å². The van der Waals surface area contributed by atoms with E-state index in [1.807, 2.05) is 6.08 Å². The molecule has 56 valence electrons. The largest absolute Gasteiger partial charge is 0.372 e. The van der Waals surface area contributed by atoms with Gasteiger partial charge in [0.1, 0.15) is 5.16 Å². The van der Waals surface area contributed by atoms with Crippen molar-refractivity contribution < 1.29 is 0 Å². The summed E-state index contributed by atoms with van der Waals surface area (Å²) in [6.45, 7) is 5.19. The number of nitrogens with one attached hydrogen (secondary N) is 1. The number of allylic oxidation sites excluding steroid dienone is 2. The summed E-state index contributed by atoms with van der Waals surface area (Å²) in [5.74, 6) is 0.579. The topological polar surface area (TPSA) is 12.0 Å². The van der Waals surface area contributed by atoms with E-state index >= 15 is 0 Å². The van der Waals surface area contributed by atoms with Gasteiger partial charge in [-0.25, -0.2) is 0 Å². The fourth-order valence-corrected chi connectivity index (χ4v) is 1.13. The van der Waals surface area contributed by atoms with Crippen molar-refractivity contribution in [1.82, 2.24) is 5.32 Å². The second-order valence-corrected chi connectivity index (χ2v) is 3.14. The van der Waals surface area contributed by atoms with Crippen LogP contribution in [0.4, 0.5) is 0 Å². The van der Waals surface area contributed by atoms with Gasteiger partial charge in [-0.05, 0) is 17.6 Å². The Labute approximate surface area is 66.8 Å². The third kappa shape index (κ3) is 1.77. The zero-order valence-electron chi connectivity index (χ0n) is 6.32. The van der Waals surface area contributed by atoms with Gasteiger partial charge in [0.25, 0.3) is 0 Å². The molecule has 0 aromatic carbocycles. The molecular formula is C8H12ClN. The number of hydrogen-bond acceptors (Lipinski definition) is 1. The molecule has 0 unspecified atom stereocenters.